The Morgan fingerprint density at radius 2 is 2.28 bits per heavy atom. The molecule has 1 aromatic heterocycles. The highest BCUT2D eigenvalue weighted by Crippen LogP contribution is 2.18. The Morgan fingerprint density at radius 3 is 2.94 bits per heavy atom. The summed E-state index contributed by atoms with van der Waals surface area (Å²) in [7, 11) is 0. The average Bonchev–Trinajstić information content (AvgIpc) is 2.85. The van der Waals surface area contributed by atoms with E-state index in [-0.39, 0.29) is 5.91 Å². The molecule has 0 aliphatic rings. The van der Waals surface area contributed by atoms with Gasteiger partial charge in [-0.3, -0.25) is 4.79 Å². The first-order valence-corrected chi connectivity index (χ1v) is 5.48. The summed E-state index contributed by atoms with van der Waals surface area (Å²) in [5.74, 6) is -0.163. The number of aromatic nitrogens is 4. The predicted molar refractivity (Wildman–Crippen MR) is 67.3 cm³/mol. The molecule has 0 radical (unpaired) electrons. The monoisotopic (exact) mass is 243 g/mol. The highest BCUT2D eigenvalue weighted by atomic mass is 16.1. The molecule has 6 nitrogen and oxygen atoms in total. The fourth-order valence-electron chi connectivity index (χ4n) is 1.54. The number of carbonyl (C=O) groups excluding carboxylic acids is 1. The minimum Gasteiger partial charge on any atom is -0.322 e. The largest absolute Gasteiger partial charge is 0.322 e. The third-order valence-corrected chi connectivity index (χ3v) is 2.39. The SMILES string of the molecule is CC=CC(=O)Nc1ccc(C)c(-n2cnnn2)c1. The average molecular weight is 243 g/mol. The van der Waals surface area contributed by atoms with E-state index in [0.717, 1.165) is 11.3 Å². The summed E-state index contributed by atoms with van der Waals surface area (Å²) in [6, 6.07) is 5.57. The summed E-state index contributed by atoms with van der Waals surface area (Å²) in [5, 5.41) is 13.8. The molecule has 1 amide bonds. The summed E-state index contributed by atoms with van der Waals surface area (Å²) in [4.78, 5) is 11.5. The molecule has 0 saturated heterocycles. The second-order valence-electron chi connectivity index (χ2n) is 3.74. The number of anilines is 1. The molecule has 1 N–H and O–H groups in total. The Labute approximate surface area is 104 Å². The van der Waals surface area contributed by atoms with Crippen molar-refractivity contribution < 1.29 is 4.79 Å². The maximum Gasteiger partial charge on any atom is 0.248 e. The molecule has 0 fully saturated rings. The predicted octanol–water partition coefficient (Wildman–Crippen LogP) is 1.49. The van der Waals surface area contributed by atoms with E-state index in [2.05, 4.69) is 20.8 Å². The van der Waals surface area contributed by atoms with Gasteiger partial charge in [0.15, 0.2) is 0 Å². The third-order valence-electron chi connectivity index (χ3n) is 2.39. The number of allylic oxidation sites excluding steroid dienone is 1. The van der Waals surface area contributed by atoms with Gasteiger partial charge in [0.05, 0.1) is 5.69 Å². The summed E-state index contributed by atoms with van der Waals surface area (Å²) in [6.45, 7) is 3.75. The van der Waals surface area contributed by atoms with Gasteiger partial charge in [0.25, 0.3) is 0 Å². The van der Waals surface area contributed by atoms with Gasteiger partial charge in [-0.1, -0.05) is 12.1 Å². The number of nitrogens with zero attached hydrogens (tertiary/aromatic N) is 4. The maximum absolute atomic E-state index is 11.5. The van der Waals surface area contributed by atoms with Gasteiger partial charge in [0.2, 0.25) is 5.91 Å². The number of benzene rings is 1. The molecule has 1 heterocycles. The van der Waals surface area contributed by atoms with Gasteiger partial charge in [0, 0.05) is 5.69 Å². The molecule has 0 unspecified atom stereocenters. The lowest BCUT2D eigenvalue weighted by molar-refractivity contribution is -0.111. The minimum atomic E-state index is -0.163. The van der Waals surface area contributed by atoms with Crippen molar-refractivity contribution in [1.29, 1.82) is 0 Å². The van der Waals surface area contributed by atoms with Crippen LogP contribution < -0.4 is 5.32 Å². The van der Waals surface area contributed by atoms with Crippen LogP contribution in [0.3, 0.4) is 0 Å². The van der Waals surface area contributed by atoms with Crippen LogP contribution in [0.4, 0.5) is 5.69 Å². The van der Waals surface area contributed by atoms with E-state index < -0.39 is 0 Å². The van der Waals surface area contributed by atoms with E-state index in [1.54, 1.807) is 17.7 Å². The molecule has 0 aliphatic carbocycles. The molecule has 1 aromatic carbocycles. The number of hydrogen-bond acceptors (Lipinski definition) is 4. The van der Waals surface area contributed by atoms with E-state index in [1.807, 2.05) is 25.1 Å². The summed E-state index contributed by atoms with van der Waals surface area (Å²) in [5.41, 5.74) is 2.55. The van der Waals surface area contributed by atoms with Crippen molar-refractivity contribution in [3.8, 4) is 5.69 Å². The van der Waals surface area contributed by atoms with Gasteiger partial charge in [-0.25, -0.2) is 4.68 Å². The van der Waals surface area contributed by atoms with Crippen LogP contribution in [0.15, 0.2) is 36.7 Å². The van der Waals surface area contributed by atoms with Crippen LogP contribution in [0.1, 0.15) is 12.5 Å². The maximum atomic E-state index is 11.5. The van der Waals surface area contributed by atoms with E-state index in [0.29, 0.717) is 5.69 Å². The van der Waals surface area contributed by atoms with E-state index in [1.165, 1.54) is 12.4 Å². The van der Waals surface area contributed by atoms with E-state index in [9.17, 15) is 4.79 Å². The number of hydrogen-bond donors (Lipinski definition) is 1. The van der Waals surface area contributed by atoms with E-state index >= 15 is 0 Å². The van der Waals surface area contributed by atoms with Gasteiger partial charge in [0.1, 0.15) is 6.33 Å². The lowest BCUT2D eigenvalue weighted by atomic mass is 10.2. The van der Waals surface area contributed by atoms with Gasteiger partial charge in [-0.05, 0) is 48.0 Å². The molecule has 6 heteroatoms. The second kappa shape index (κ2) is 5.22. The van der Waals surface area contributed by atoms with Crippen LogP contribution >= 0.6 is 0 Å². The zero-order valence-corrected chi connectivity index (χ0v) is 10.2. The first-order chi connectivity index (χ1) is 8.70. The standard InChI is InChI=1S/C12H13N5O/c1-3-4-12(18)14-10-6-5-9(2)11(7-10)17-8-13-15-16-17/h3-8H,1-2H3,(H,14,18). The van der Waals surface area contributed by atoms with Gasteiger partial charge in [-0.15, -0.1) is 5.10 Å². The van der Waals surface area contributed by atoms with Crippen molar-refractivity contribution in [2.24, 2.45) is 0 Å². The summed E-state index contributed by atoms with van der Waals surface area (Å²) < 4.78 is 1.56. The van der Waals surface area contributed by atoms with Crippen LogP contribution in [-0.4, -0.2) is 26.1 Å². The van der Waals surface area contributed by atoms with Crippen molar-refractivity contribution in [1.82, 2.24) is 20.2 Å². The second-order valence-corrected chi connectivity index (χ2v) is 3.74. The molecule has 0 bridgehead atoms. The van der Waals surface area contributed by atoms with Gasteiger partial charge < -0.3 is 5.32 Å². The zero-order valence-electron chi connectivity index (χ0n) is 10.2. The van der Waals surface area contributed by atoms with Gasteiger partial charge in [-0.2, -0.15) is 0 Å². The molecule has 0 atom stereocenters. The van der Waals surface area contributed by atoms with Crippen molar-refractivity contribution in [2.45, 2.75) is 13.8 Å². The topological polar surface area (TPSA) is 72.7 Å². The number of tetrazole rings is 1. The Kier molecular flexibility index (Phi) is 3.47. The molecular weight excluding hydrogens is 230 g/mol. The van der Waals surface area contributed by atoms with Crippen molar-refractivity contribution in [3.63, 3.8) is 0 Å². The normalized spacial score (nSPS) is 10.8. The Balaban J connectivity index is 2.30. The molecule has 2 rings (SSSR count). The third kappa shape index (κ3) is 2.60. The molecular formula is C12H13N5O. The molecule has 18 heavy (non-hydrogen) atoms. The van der Waals surface area contributed by atoms with Crippen molar-refractivity contribution >= 4 is 11.6 Å². The molecule has 0 saturated carbocycles. The number of carbonyl (C=O) groups is 1. The summed E-state index contributed by atoms with van der Waals surface area (Å²) >= 11 is 0. The Bertz CT molecular complexity index is 574. The molecule has 0 aliphatic heterocycles. The minimum absolute atomic E-state index is 0.163. The van der Waals surface area contributed by atoms with E-state index in [4.69, 9.17) is 0 Å². The Morgan fingerprint density at radius 1 is 1.44 bits per heavy atom. The van der Waals surface area contributed by atoms with Crippen LogP contribution in [0.2, 0.25) is 0 Å². The number of nitrogens with one attached hydrogen (secondary N) is 1. The quantitative estimate of drug-likeness (QED) is 0.829. The van der Waals surface area contributed by atoms with Gasteiger partial charge >= 0.3 is 0 Å². The Hall–Kier alpha value is -2.50. The number of rotatable bonds is 3. The summed E-state index contributed by atoms with van der Waals surface area (Å²) in [6.07, 6.45) is 4.67. The smallest absolute Gasteiger partial charge is 0.248 e. The highest BCUT2D eigenvalue weighted by molar-refractivity contribution is 5.99. The first-order valence-electron chi connectivity index (χ1n) is 5.48. The van der Waals surface area contributed by atoms with Crippen LogP contribution in [0, 0.1) is 6.92 Å². The lowest BCUT2D eigenvalue weighted by Crippen LogP contribution is -2.08. The molecule has 92 valence electrons. The fourth-order valence-corrected chi connectivity index (χ4v) is 1.54. The molecule has 0 spiro atoms. The van der Waals surface area contributed by atoms with Crippen molar-refractivity contribution in [2.75, 3.05) is 5.32 Å². The number of aryl methyl sites for hydroxylation is 1. The molecule has 2 aromatic rings. The number of amides is 1. The fraction of sp³-hybridized carbons (Fsp3) is 0.167. The van der Waals surface area contributed by atoms with Crippen LogP contribution in [0.5, 0.6) is 0 Å². The highest BCUT2D eigenvalue weighted by Gasteiger charge is 2.05. The van der Waals surface area contributed by atoms with Crippen molar-refractivity contribution in [3.05, 3.63) is 42.2 Å². The lowest BCUT2D eigenvalue weighted by Gasteiger charge is -2.08. The van der Waals surface area contributed by atoms with Crippen LogP contribution in [-0.2, 0) is 4.79 Å². The zero-order chi connectivity index (χ0) is 13.0. The van der Waals surface area contributed by atoms with Crippen LogP contribution in [0.25, 0.3) is 5.69 Å². The first kappa shape index (κ1) is 12.0.